The molecule has 0 unspecified atom stereocenters. The van der Waals surface area contributed by atoms with E-state index >= 15 is 0 Å². The fraction of sp³-hybridized carbons (Fsp3) is 0.235. The van der Waals surface area contributed by atoms with Crippen molar-refractivity contribution in [3.8, 4) is 0 Å². The monoisotopic (exact) mass is 296 g/mol. The summed E-state index contributed by atoms with van der Waals surface area (Å²) in [6.07, 6.45) is 1.99. The van der Waals surface area contributed by atoms with Crippen molar-refractivity contribution in [2.45, 2.75) is 25.4 Å². The van der Waals surface area contributed by atoms with E-state index in [0.29, 0.717) is 12.1 Å². The van der Waals surface area contributed by atoms with E-state index in [1.54, 1.807) is 12.1 Å². The molecule has 1 aliphatic carbocycles. The Balaban J connectivity index is 1.84. The van der Waals surface area contributed by atoms with Crippen LogP contribution >= 0.6 is 0 Å². The molecule has 1 saturated carbocycles. The molecule has 22 heavy (non-hydrogen) atoms. The Hall–Kier alpha value is -2.69. The SMILES string of the molecule is O=C(c1cccc([N+](=O)[O-])c1)N(Cc1ccccc1)C1CC1. The minimum atomic E-state index is -0.477. The van der Waals surface area contributed by atoms with Crippen LogP contribution < -0.4 is 0 Å². The molecule has 0 aromatic heterocycles. The highest BCUT2D eigenvalue weighted by molar-refractivity contribution is 5.95. The molecule has 0 saturated heterocycles. The lowest BCUT2D eigenvalue weighted by molar-refractivity contribution is -0.384. The van der Waals surface area contributed by atoms with E-state index in [9.17, 15) is 14.9 Å². The largest absolute Gasteiger partial charge is 0.331 e. The Morgan fingerprint density at radius 1 is 1.14 bits per heavy atom. The average molecular weight is 296 g/mol. The first-order valence-electron chi connectivity index (χ1n) is 7.24. The van der Waals surface area contributed by atoms with Crippen molar-refractivity contribution >= 4 is 11.6 Å². The lowest BCUT2D eigenvalue weighted by Gasteiger charge is -2.22. The van der Waals surface area contributed by atoms with E-state index < -0.39 is 4.92 Å². The highest BCUT2D eigenvalue weighted by Gasteiger charge is 2.33. The third-order valence-electron chi connectivity index (χ3n) is 3.75. The van der Waals surface area contributed by atoms with Gasteiger partial charge in [-0.3, -0.25) is 14.9 Å². The molecule has 2 aromatic carbocycles. The number of rotatable bonds is 5. The number of hydrogen-bond donors (Lipinski definition) is 0. The van der Waals surface area contributed by atoms with Crippen LogP contribution in [0.1, 0.15) is 28.8 Å². The van der Waals surface area contributed by atoms with Crippen molar-refractivity contribution in [3.63, 3.8) is 0 Å². The number of hydrogen-bond acceptors (Lipinski definition) is 3. The zero-order valence-corrected chi connectivity index (χ0v) is 12.0. The fourth-order valence-electron chi connectivity index (χ4n) is 2.45. The lowest BCUT2D eigenvalue weighted by atomic mass is 10.1. The van der Waals surface area contributed by atoms with Crippen LogP contribution in [0.15, 0.2) is 54.6 Å². The quantitative estimate of drug-likeness (QED) is 0.627. The van der Waals surface area contributed by atoms with Gasteiger partial charge in [-0.1, -0.05) is 36.4 Å². The maximum Gasteiger partial charge on any atom is 0.270 e. The van der Waals surface area contributed by atoms with Gasteiger partial charge in [-0.05, 0) is 24.5 Å². The van der Waals surface area contributed by atoms with Gasteiger partial charge in [0, 0.05) is 30.3 Å². The van der Waals surface area contributed by atoms with Crippen molar-refractivity contribution in [1.29, 1.82) is 0 Å². The van der Waals surface area contributed by atoms with Crippen LogP contribution in [0.4, 0.5) is 5.69 Å². The summed E-state index contributed by atoms with van der Waals surface area (Å²) >= 11 is 0. The number of nitro benzene ring substituents is 1. The van der Waals surface area contributed by atoms with Crippen LogP contribution in [0.2, 0.25) is 0 Å². The van der Waals surface area contributed by atoms with Gasteiger partial charge in [0.1, 0.15) is 0 Å². The first-order chi connectivity index (χ1) is 10.6. The molecule has 0 N–H and O–H groups in total. The number of nitrogens with zero attached hydrogens (tertiary/aromatic N) is 2. The summed E-state index contributed by atoms with van der Waals surface area (Å²) in [7, 11) is 0. The standard InChI is InChI=1S/C17H16N2O3/c20-17(14-7-4-8-16(11-14)19(21)22)18(15-9-10-15)12-13-5-2-1-3-6-13/h1-8,11,15H,9-10,12H2. The van der Waals surface area contributed by atoms with Gasteiger partial charge in [0.05, 0.1) is 4.92 Å². The Bertz CT molecular complexity index is 696. The summed E-state index contributed by atoms with van der Waals surface area (Å²) in [6.45, 7) is 0.535. The molecule has 1 aliphatic rings. The molecule has 0 spiro atoms. The van der Waals surface area contributed by atoms with Crippen LogP contribution in [-0.2, 0) is 6.54 Å². The van der Waals surface area contributed by atoms with E-state index in [1.165, 1.54) is 12.1 Å². The first-order valence-corrected chi connectivity index (χ1v) is 7.24. The van der Waals surface area contributed by atoms with E-state index in [0.717, 1.165) is 18.4 Å². The summed E-state index contributed by atoms with van der Waals surface area (Å²) < 4.78 is 0. The summed E-state index contributed by atoms with van der Waals surface area (Å²) in [5.74, 6) is -0.143. The molecular formula is C17H16N2O3. The maximum atomic E-state index is 12.7. The number of carbonyl (C=O) groups excluding carboxylic acids is 1. The van der Waals surface area contributed by atoms with E-state index in [2.05, 4.69) is 0 Å². The number of non-ortho nitro benzene ring substituents is 1. The summed E-state index contributed by atoms with van der Waals surface area (Å²) in [5, 5.41) is 10.9. The molecule has 1 fully saturated rings. The second kappa shape index (κ2) is 5.97. The molecular weight excluding hydrogens is 280 g/mol. The first kappa shape index (κ1) is 14.3. The van der Waals surface area contributed by atoms with Gasteiger partial charge in [-0.2, -0.15) is 0 Å². The molecule has 0 atom stereocenters. The highest BCUT2D eigenvalue weighted by Crippen LogP contribution is 2.30. The van der Waals surface area contributed by atoms with Gasteiger partial charge in [-0.15, -0.1) is 0 Å². The number of amides is 1. The number of nitro groups is 1. The van der Waals surface area contributed by atoms with Crippen molar-refractivity contribution in [2.24, 2.45) is 0 Å². The molecule has 5 nitrogen and oxygen atoms in total. The fourth-order valence-corrected chi connectivity index (χ4v) is 2.45. The summed E-state index contributed by atoms with van der Waals surface area (Å²) in [6, 6.07) is 16.0. The molecule has 0 aliphatic heterocycles. The second-order valence-electron chi connectivity index (χ2n) is 5.46. The average Bonchev–Trinajstić information content (AvgIpc) is 3.38. The van der Waals surface area contributed by atoms with Crippen molar-refractivity contribution in [1.82, 2.24) is 4.90 Å². The van der Waals surface area contributed by atoms with Crippen LogP contribution in [0.25, 0.3) is 0 Å². The topological polar surface area (TPSA) is 63.4 Å². The third-order valence-corrected chi connectivity index (χ3v) is 3.75. The number of benzene rings is 2. The van der Waals surface area contributed by atoms with Gasteiger partial charge in [0.25, 0.3) is 11.6 Å². The molecule has 0 bridgehead atoms. The summed E-state index contributed by atoms with van der Waals surface area (Å²) in [4.78, 5) is 24.9. The molecule has 5 heteroatoms. The molecule has 3 rings (SSSR count). The zero-order chi connectivity index (χ0) is 15.5. The van der Waals surface area contributed by atoms with Crippen LogP contribution in [0.5, 0.6) is 0 Å². The smallest absolute Gasteiger partial charge is 0.270 e. The predicted octanol–water partition coefficient (Wildman–Crippen LogP) is 3.40. The molecule has 1 amide bonds. The van der Waals surface area contributed by atoms with Gasteiger partial charge >= 0.3 is 0 Å². The lowest BCUT2D eigenvalue weighted by Crippen LogP contribution is -2.32. The normalized spacial score (nSPS) is 13.6. The Kier molecular flexibility index (Phi) is 3.87. The maximum absolute atomic E-state index is 12.7. The predicted molar refractivity (Wildman–Crippen MR) is 82.4 cm³/mol. The van der Waals surface area contributed by atoms with Gasteiger partial charge in [0.2, 0.25) is 0 Å². The Labute approximate surface area is 128 Å². The van der Waals surface area contributed by atoms with Crippen LogP contribution in [-0.4, -0.2) is 21.8 Å². The van der Waals surface area contributed by atoms with Crippen molar-refractivity contribution < 1.29 is 9.72 Å². The minimum Gasteiger partial charge on any atom is -0.331 e. The minimum absolute atomic E-state index is 0.0543. The molecule has 0 radical (unpaired) electrons. The third kappa shape index (κ3) is 3.14. The van der Waals surface area contributed by atoms with Crippen molar-refractivity contribution in [2.75, 3.05) is 0 Å². The highest BCUT2D eigenvalue weighted by atomic mass is 16.6. The second-order valence-corrected chi connectivity index (χ2v) is 5.46. The molecule has 0 heterocycles. The molecule has 112 valence electrons. The van der Waals surface area contributed by atoms with Crippen LogP contribution in [0, 0.1) is 10.1 Å². The van der Waals surface area contributed by atoms with E-state index in [-0.39, 0.29) is 17.6 Å². The van der Waals surface area contributed by atoms with Crippen LogP contribution in [0.3, 0.4) is 0 Å². The molecule has 2 aromatic rings. The van der Waals surface area contributed by atoms with E-state index in [1.807, 2.05) is 35.2 Å². The Morgan fingerprint density at radius 2 is 1.86 bits per heavy atom. The Morgan fingerprint density at radius 3 is 2.50 bits per heavy atom. The number of carbonyl (C=O) groups is 1. The van der Waals surface area contributed by atoms with Gasteiger partial charge < -0.3 is 4.90 Å². The van der Waals surface area contributed by atoms with Gasteiger partial charge in [0.15, 0.2) is 0 Å². The van der Waals surface area contributed by atoms with Crippen molar-refractivity contribution in [3.05, 3.63) is 75.8 Å². The van der Waals surface area contributed by atoms with E-state index in [4.69, 9.17) is 0 Å². The zero-order valence-electron chi connectivity index (χ0n) is 12.0. The van der Waals surface area contributed by atoms with Gasteiger partial charge in [-0.25, -0.2) is 0 Å². The summed E-state index contributed by atoms with van der Waals surface area (Å²) in [5.41, 5.74) is 1.38.